The molecule has 0 fully saturated rings. The van der Waals surface area contributed by atoms with Crippen LogP contribution < -0.4 is 5.11 Å². The Morgan fingerprint density at radius 3 is 1.90 bits per heavy atom. The van der Waals surface area contributed by atoms with E-state index in [0.29, 0.717) is 6.42 Å². The number of hydrogen-bond acceptors (Lipinski definition) is 5. The molecular weight excluding hydrogens is 278 g/mol. The Kier molecular flexibility index (Phi) is 6.79. The Hall–Kier alpha value is -1.18. The van der Waals surface area contributed by atoms with Crippen molar-refractivity contribution in [3.8, 4) is 0 Å². The number of carbonyl (C=O) groups is 2. The van der Waals surface area contributed by atoms with Crippen molar-refractivity contribution in [1.82, 2.24) is 0 Å². The van der Waals surface area contributed by atoms with Gasteiger partial charge in [0.15, 0.2) is 5.54 Å². The number of aliphatic carboxylic acids is 2. The van der Waals surface area contributed by atoms with E-state index < -0.39 is 35.6 Å². The smallest absolute Gasteiger partial charge is 0.313 e. The summed E-state index contributed by atoms with van der Waals surface area (Å²) in [6.07, 6.45) is -1.55. The number of rotatable bonds is 9. The van der Waals surface area contributed by atoms with E-state index in [1.807, 2.05) is 0 Å². The van der Waals surface area contributed by atoms with Gasteiger partial charge in [0.2, 0.25) is 0 Å². The highest BCUT2D eigenvalue weighted by molar-refractivity contribution is 5.84. The summed E-state index contributed by atoms with van der Waals surface area (Å²) in [5.41, 5.74) is -1.78. The van der Waals surface area contributed by atoms with Gasteiger partial charge in [-0.15, -0.1) is 0 Å². The second kappa shape index (κ2) is 7.20. The van der Waals surface area contributed by atoms with E-state index in [0.717, 1.165) is 0 Å². The minimum Gasteiger partial charge on any atom is -0.544 e. The number of aliphatic hydroxyl groups is 2. The standard InChI is InChI=1S/C14H27NO6/c1-9(16)6-7-15(4,5)14(13(20)21,8-10(2)17)11(3)12(18)19/h9-11,16-17H,6-8H2,1-5H3,(H-,18,19,20,21). The highest BCUT2D eigenvalue weighted by atomic mass is 16.4. The number of aliphatic hydroxyl groups excluding tert-OH is 2. The van der Waals surface area contributed by atoms with E-state index in [9.17, 15) is 30.0 Å². The first-order valence-corrected chi connectivity index (χ1v) is 7.02. The molecule has 0 aliphatic heterocycles. The van der Waals surface area contributed by atoms with Crippen LogP contribution in [0.15, 0.2) is 0 Å². The van der Waals surface area contributed by atoms with E-state index in [4.69, 9.17) is 0 Å². The van der Waals surface area contributed by atoms with Crippen molar-refractivity contribution in [2.24, 2.45) is 5.92 Å². The van der Waals surface area contributed by atoms with E-state index >= 15 is 0 Å². The van der Waals surface area contributed by atoms with Crippen molar-refractivity contribution < 1.29 is 34.5 Å². The van der Waals surface area contributed by atoms with Crippen molar-refractivity contribution in [2.45, 2.75) is 51.4 Å². The second-order valence-electron chi connectivity index (χ2n) is 6.37. The number of carboxylic acid groups (broad SMARTS) is 2. The Morgan fingerprint density at radius 1 is 1.14 bits per heavy atom. The number of hydrogen-bond donors (Lipinski definition) is 3. The van der Waals surface area contributed by atoms with Gasteiger partial charge < -0.3 is 29.7 Å². The quantitative estimate of drug-likeness (QED) is 0.461. The molecule has 0 radical (unpaired) electrons. The largest absolute Gasteiger partial charge is 0.544 e. The zero-order valence-electron chi connectivity index (χ0n) is 13.4. The molecule has 0 bridgehead atoms. The molecule has 0 saturated heterocycles. The van der Waals surface area contributed by atoms with Gasteiger partial charge in [-0.2, -0.15) is 0 Å². The van der Waals surface area contributed by atoms with E-state index in [2.05, 4.69) is 0 Å². The fraction of sp³-hybridized carbons (Fsp3) is 0.857. The van der Waals surface area contributed by atoms with Gasteiger partial charge in [0, 0.05) is 12.8 Å². The number of carbonyl (C=O) groups excluding carboxylic acids is 1. The molecule has 0 saturated carbocycles. The van der Waals surface area contributed by atoms with Gasteiger partial charge in [0.1, 0.15) is 11.9 Å². The van der Waals surface area contributed by atoms with Gasteiger partial charge in [-0.05, 0) is 20.8 Å². The number of carboxylic acids is 2. The highest BCUT2D eigenvalue weighted by Crippen LogP contribution is 2.35. The Bertz CT molecular complexity index is 380. The van der Waals surface area contributed by atoms with Gasteiger partial charge >= 0.3 is 5.97 Å². The van der Waals surface area contributed by atoms with Crippen LogP contribution >= 0.6 is 0 Å². The minimum absolute atomic E-state index is 0.196. The third-order valence-corrected chi connectivity index (χ3v) is 4.23. The molecule has 0 aromatic heterocycles. The summed E-state index contributed by atoms with van der Waals surface area (Å²) < 4.78 is -0.196. The lowest BCUT2D eigenvalue weighted by Gasteiger charge is -2.52. The Labute approximate surface area is 125 Å². The molecule has 0 aromatic rings. The molecule has 7 heteroatoms. The average Bonchev–Trinajstić information content (AvgIpc) is 2.31. The number of nitrogens with zero attached hydrogens (tertiary/aromatic N) is 1. The third-order valence-electron chi connectivity index (χ3n) is 4.23. The van der Waals surface area contributed by atoms with Crippen LogP contribution in [0.3, 0.4) is 0 Å². The first-order valence-electron chi connectivity index (χ1n) is 7.02. The average molecular weight is 305 g/mol. The molecule has 0 aliphatic carbocycles. The third kappa shape index (κ3) is 4.39. The lowest BCUT2D eigenvalue weighted by molar-refractivity contribution is -0.938. The zero-order chi connectivity index (χ0) is 17.0. The van der Waals surface area contributed by atoms with Gasteiger partial charge in [0.05, 0.1) is 32.8 Å². The molecule has 0 aliphatic rings. The number of quaternary nitrogens is 1. The summed E-state index contributed by atoms with van der Waals surface area (Å²) in [5.74, 6) is -4.02. The first kappa shape index (κ1) is 19.8. The molecule has 0 heterocycles. The fourth-order valence-corrected chi connectivity index (χ4v) is 2.82. The van der Waals surface area contributed by atoms with E-state index in [-0.39, 0.29) is 17.4 Å². The van der Waals surface area contributed by atoms with Crippen molar-refractivity contribution >= 4 is 11.9 Å². The summed E-state index contributed by atoms with van der Waals surface area (Å²) in [5, 5.41) is 40.2. The van der Waals surface area contributed by atoms with E-state index in [1.54, 1.807) is 21.0 Å². The molecule has 0 amide bonds. The molecule has 21 heavy (non-hydrogen) atoms. The maximum atomic E-state index is 11.8. The van der Waals surface area contributed by atoms with Crippen LogP contribution in [0.1, 0.15) is 33.6 Å². The summed E-state index contributed by atoms with van der Waals surface area (Å²) in [6.45, 7) is 4.55. The van der Waals surface area contributed by atoms with Crippen LogP contribution in [0.5, 0.6) is 0 Å². The fourth-order valence-electron chi connectivity index (χ4n) is 2.82. The summed E-state index contributed by atoms with van der Waals surface area (Å²) >= 11 is 0. The van der Waals surface area contributed by atoms with Crippen LogP contribution in [0.25, 0.3) is 0 Å². The van der Waals surface area contributed by atoms with Crippen molar-refractivity contribution in [1.29, 1.82) is 0 Å². The molecule has 0 aromatic carbocycles. The van der Waals surface area contributed by atoms with Crippen LogP contribution in [-0.4, -0.2) is 70.1 Å². The molecule has 0 spiro atoms. The van der Waals surface area contributed by atoms with Crippen molar-refractivity contribution in [3.05, 3.63) is 0 Å². The van der Waals surface area contributed by atoms with Crippen LogP contribution in [0.2, 0.25) is 0 Å². The zero-order valence-corrected chi connectivity index (χ0v) is 13.4. The molecule has 7 nitrogen and oxygen atoms in total. The lowest BCUT2D eigenvalue weighted by atomic mass is 9.77. The second-order valence-corrected chi connectivity index (χ2v) is 6.37. The Balaban J connectivity index is 5.85. The van der Waals surface area contributed by atoms with Crippen LogP contribution in [-0.2, 0) is 9.59 Å². The normalized spacial score (nSPS) is 19.4. The number of likely N-dealkylation sites (N-methyl/N-ethyl adjacent to an activating group) is 1. The van der Waals surface area contributed by atoms with Gasteiger partial charge in [-0.25, -0.2) is 0 Å². The van der Waals surface area contributed by atoms with Crippen LogP contribution in [0.4, 0.5) is 0 Å². The van der Waals surface area contributed by atoms with Gasteiger partial charge in [-0.3, -0.25) is 4.79 Å². The monoisotopic (exact) mass is 305 g/mol. The summed E-state index contributed by atoms with van der Waals surface area (Å²) in [6, 6.07) is 0. The molecule has 4 unspecified atom stereocenters. The van der Waals surface area contributed by atoms with Gasteiger partial charge in [-0.1, -0.05) is 0 Å². The van der Waals surface area contributed by atoms with Crippen LogP contribution in [0, 0.1) is 5.92 Å². The summed E-state index contributed by atoms with van der Waals surface area (Å²) in [7, 11) is 3.17. The maximum Gasteiger partial charge on any atom is 0.313 e. The molecule has 0 rings (SSSR count). The highest BCUT2D eigenvalue weighted by Gasteiger charge is 2.54. The lowest BCUT2D eigenvalue weighted by Crippen LogP contribution is -2.73. The SMILES string of the molecule is CC(O)CC[N+](C)(C)C(CC(C)O)(C(=O)[O-])C(C)C(=O)O. The minimum atomic E-state index is -1.78. The van der Waals surface area contributed by atoms with E-state index in [1.165, 1.54) is 13.8 Å². The molecule has 3 N–H and O–H groups in total. The molecule has 124 valence electrons. The van der Waals surface area contributed by atoms with Gasteiger partial charge in [0.25, 0.3) is 0 Å². The Morgan fingerprint density at radius 2 is 1.62 bits per heavy atom. The first-order chi connectivity index (χ1) is 9.38. The predicted molar refractivity (Wildman–Crippen MR) is 74.1 cm³/mol. The molecule has 4 atom stereocenters. The maximum absolute atomic E-state index is 11.8. The molecular formula is C14H27NO6. The van der Waals surface area contributed by atoms with Crippen molar-refractivity contribution in [2.75, 3.05) is 20.6 Å². The van der Waals surface area contributed by atoms with Crippen molar-refractivity contribution in [3.63, 3.8) is 0 Å². The summed E-state index contributed by atoms with van der Waals surface area (Å²) in [4.78, 5) is 23.2. The topological polar surface area (TPSA) is 118 Å². The predicted octanol–water partition coefficient (Wildman–Crippen LogP) is -1.19.